The molecule has 1 saturated heterocycles. The molecule has 16 heavy (non-hydrogen) atoms. The van der Waals surface area contributed by atoms with Crippen LogP contribution < -0.4 is 5.73 Å². The molecule has 0 radical (unpaired) electrons. The van der Waals surface area contributed by atoms with E-state index in [0.717, 1.165) is 12.0 Å². The van der Waals surface area contributed by atoms with Crippen LogP contribution in [-0.4, -0.2) is 30.0 Å². The first-order valence-corrected chi connectivity index (χ1v) is 5.46. The highest BCUT2D eigenvalue weighted by molar-refractivity contribution is 5.16. The zero-order valence-corrected chi connectivity index (χ0v) is 8.97. The summed E-state index contributed by atoms with van der Waals surface area (Å²) in [6.07, 6.45) is 0.690. The number of rotatable bonds is 3. The van der Waals surface area contributed by atoms with Gasteiger partial charge in [0.1, 0.15) is 5.82 Å². The lowest BCUT2D eigenvalue weighted by Gasteiger charge is -2.14. The number of aryl methyl sites for hydroxylation is 1. The minimum atomic E-state index is -0.583. The Kier molecular flexibility index (Phi) is 3.53. The van der Waals surface area contributed by atoms with Gasteiger partial charge in [-0.15, -0.1) is 0 Å². The van der Waals surface area contributed by atoms with Crippen molar-refractivity contribution in [2.24, 2.45) is 5.73 Å². The van der Waals surface area contributed by atoms with E-state index in [9.17, 15) is 9.50 Å². The van der Waals surface area contributed by atoms with E-state index in [1.165, 1.54) is 12.1 Å². The second-order valence-corrected chi connectivity index (χ2v) is 4.19. The molecule has 1 heterocycles. The number of benzene rings is 1. The Morgan fingerprint density at radius 1 is 1.38 bits per heavy atom. The summed E-state index contributed by atoms with van der Waals surface area (Å²) < 4.78 is 18.0. The summed E-state index contributed by atoms with van der Waals surface area (Å²) in [6, 6.07) is 6.09. The van der Waals surface area contributed by atoms with Crippen LogP contribution in [0.3, 0.4) is 0 Å². The zero-order chi connectivity index (χ0) is 11.5. The number of hydrogen-bond donors (Lipinski definition) is 2. The third kappa shape index (κ3) is 2.58. The predicted octanol–water partition coefficient (Wildman–Crippen LogP) is 0.845. The van der Waals surface area contributed by atoms with Crippen molar-refractivity contribution in [2.45, 2.75) is 31.1 Å². The van der Waals surface area contributed by atoms with Crippen LogP contribution in [0.5, 0.6) is 0 Å². The normalized spacial score (nSPS) is 29.6. The largest absolute Gasteiger partial charge is 0.389 e. The SMILES string of the molecule is N[C@H]1CO[C@@H](CCc2ccc(F)cc2)[C@H]1O. The number of halogens is 1. The first kappa shape index (κ1) is 11.5. The molecular weight excluding hydrogens is 209 g/mol. The molecule has 0 aromatic heterocycles. The van der Waals surface area contributed by atoms with Gasteiger partial charge in [-0.05, 0) is 30.5 Å². The fourth-order valence-corrected chi connectivity index (χ4v) is 1.92. The van der Waals surface area contributed by atoms with Gasteiger partial charge >= 0.3 is 0 Å². The first-order valence-electron chi connectivity index (χ1n) is 5.46. The van der Waals surface area contributed by atoms with Gasteiger partial charge in [0.2, 0.25) is 0 Å². The summed E-state index contributed by atoms with van der Waals surface area (Å²) in [7, 11) is 0. The van der Waals surface area contributed by atoms with Crippen molar-refractivity contribution in [2.75, 3.05) is 6.61 Å². The van der Waals surface area contributed by atoms with E-state index in [-0.39, 0.29) is 18.0 Å². The Labute approximate surface area is 94.0 Å². The highest BCUT2D eigenvalue weighted by atomic mass is 19.1. The molecule has 0 spiro atoms. The highest BCUT2D eigenvalue weighted by Gasteiger charge is 2.32. The molecule has 1 fully saturated rings. The van der Waals surface area contributed by atoms with Crippen molar-refractivity contribution in [3.05, 3.63) is 35.6 Å². The lowest BCUT2D eigenvalue weighted by atomic mass is 10.0. The van der Waals surface area contributed by atoms with Gasteiger partial charge in [-0.2, -0.15) is 0 Å². The van der Waals surface area contributed by atoms with Crippen molar-refractivity contribution in [1.29, 1.82) is 0 Å². The van der Waals surface area contributed by atoms with Gasteiger partial charge < -0.3 is 15.6 Å². The number of aliphatic hydroxyl groups excluding tert-OH is 1. The van der Waals surface area contributed by atoms with Gasteiger partial charge in [0.25, 0.3) is 0 Å². The number of aliphatic hydroxyl groups is 1. The molecule has 0 unspecified atom stereocenters. The third-order valence-electron chi connectivity index (χ3n) is 2.95. The average Bonchev–Trinajstić information content (AvgIpc) is 2.60. The number of ether oxygens (including phenoxy) is 1. The van der Waals surface area contributed by atoms with Gasteiger partial charge in [-0.1, -0.05) is 12.1 Å². The van der Waals surface area contributed by atoms with Crippen molar-refractivity contribution in [3.63, 3.8) is 0 Å². The minimum absolute atomic E-state index is 0.194. The Morgan fingerprint density at radius 2 is 2.06 bits per heavy atom. The van der Waals surface area contributed by atoms with E-state index in [1.807, 2.05) is 0 Å². The lowest BCUT2D eigenvalue weighted by molar-refractivity contribution is 0.0362. The van der Waals surface area contributed by atoms with Gasteiger partial charge in [0.05, 0.1) is 24.9 Å². The molecule has 1 aliphatic heterocycles. The predicted molar refractivity (Wildman–Crippen MR) is 58.4 cm³/mol. The van der Waals surface area contributed by atoms with Crippen molar-refractivity contribution >= 4 is 0 Å². The van der Waals surface area contributed by atoms with Crippen molar-refractivity contribution < 1.29 is 14.2 Å². The van der Waals surface area contributed by atoms with Gasteiger partial charge in [-0.3, -0.25) is 0 Å². The van der Waals surface area contributed by atoms with E-state index < -0.39 is 6.10 Å². The van der Waals surface area contributed by atoms with Crippen molar-refractivity contribution in [1.82, 2.24) is 0 Å². The Bertz CT molecular complexity index is 341. The molecule has 88 valence electrons. The molecule has 0 bridgehead atoms. The van der Waals surface area contributed by atoms with Gasteiger partial charge in [0, 0.05) is 0 Å². The molecule has 2 rings (SSSR count). The topological polar surface area (TPSA) is 55.5 Å². The monoisotopic (exact) mass is 225 g/mol. The standard InChI is InChI=1S/C12H16FNO2/c13-9-4-1-8(2-5-9)3-6-11-12(15)10(14)7-16-11/h1-2,4-5,10-12,15H,3,6-7,14H2/t10-,11-,12-/m0/s1. The van der Waals surface area contributed by atoms with Crippen LogP contribution in [0.2, 0.25) is 0 Å². The van der Waals surface area contributed by atoms with Gasteiger partial charge in [0.15, 0.2) is 0 Å². The third-order valence-corrected chi connectivity index (χ3v) is 2.95. The number of nitrogens with two attached hydrogens (primary N) is 1. The molecule has 0 amide bonds. The molecular formula is C12H16FNO2. The molecule has 3 N–H and O–H groups in total. The maximum atomic E-state index is 12.7. The first-order chi connectivity index (χ1) is 7.66. The van der Waals surface area contributed by atoms with Crippen LogP contribution in [0, 0.1) is 5.82 Å². The molecule has 4 heteroatoms. The van der Waals surface area contributed by atoms with Crippen molar-refractivity contribution in [3.8, 4) is 0 Å². The molecule has 0 aliphatic carbocycles. The fourth-order valence-electron chi connectivity index (χ4n) is 1.92. The quantitative estimate of drug-likeness (QED) is 0.801. The minimum Gasteiger partial charge on any atom is -0.389 e. The van der Waals surface area contributed by atoms with E-state index in [2.05, 4.69) is 0 Å². The van der Waals surface area contributed by atoms with Gasteiger partial charge in [-0.25, -0.2) is 4.39 Å². The molecule has 3 nitrogen and oxygen atoms in total. The fraction of sp³-hybridized carbons (Fsp3) is 0.500. The van der Waals surface area contributed by atoms with E-state index in [4.69, 9.17) is 10.5 Å². The molecule has 3 atom stereocenters. The van der Waals surface area contributed by atoms with Crippen LogP contribution in [0.25, 0.3) is 0 Å². The summed E-state index contributed by atoms with van der Waals surface area (Å²) in [5.41, 5.74) is 6.67. The second kappa shape index (κ2) is 4.91. The summed E-state index contributed by atoms with van der Waals surface area (Å²) in [6.45, 7) is 0.412. The molecule has 1 aromatic carbocycles. The van der Waals surface area contributed by atoms with Crippen LogP contribution in [0.4, 0.5) is 4.39 Å². The summed E-state index contributed by atoms with van der Waals surface area (Å²) >= 11 is 0. The highest BCUT2D eigenvalue weighted by Crippen LogP contribution is 2.18. The average molecular weight is 225 g/mol. The maximum Gasteiger partial charge on any atom is 0.123 e. The number of hydrogen-bond acceptors (Lipinski definition) is 3. The summed E-state index contributed by atoms with van der Waals surface area (Å²) in [4.78, 5) is 0. The second-order valence-electron chi connectivity index (χ2n) is 4.19. The van der Waals surface area contributed by atoms with E-state index in [0.29, 0.717) is 13.0 Å². The van der Waals surface area contributed by atoms with Crippen LogP contribution in [-0.2, 0) is 11.2 Å². The molecule has 1 aliphatic rings. The Balaban J connectivity index is 1.86. The summed E-state index contributed by atoms with van der Waals surface area (Å²) in [5.74, 6) is -0.233. The van der Waals surface area contributed by atoms with E-state index >= 15 is 0 Å². The van der Waals surface area contributed by atoms with E-state index in [1.54, 1.807) is 12.1 Å². The summed E-state index contributed by atoms with van der Waals surface area (Å²) in [5, 5.41) is 9.67. The zero-order valence-electron chi connectivity index (χ0n) is 8.97. The van der Waals surface area contributed by atoms with Crippen LogP contribution >= 0.6 is 0 Å². The Morgan fingerprint density at radius 3 is 2.62 bits per heavy atom. The van der Waals surface area contributed by atoms with Crippen LogP contribution in [0.1, 0.15) is 12.0 Å². The molecule has 0 saturated carbocycles. The molecule has 1 aromatic rings. The maximum absolute atomic E-state index is 12.7. The Hall–Kier alpha value is -0.970. The van der Waals surface area contributed by atoms with Crippen LogP contribution in [0.15, 0.2) is 24.3 Å². The lowest BCUT2D eigenvalue weighted by Crippen LogP contribution is -2.36. The smallest absolute Gasteiger partial charge is 0.123 e.